The van der Waals surface area contributed by atoms with E-state index in [1.165, 1.54) is 12.1 Å². The van der Waals surface area contributed by atoms with Gasteiger partial charge in [-0.25, -0.2) is 8.78 Å². The van der Waals surface area contributed by atoms with E-state index in [4.69, 9.17) is 4.52 Å². The first kappa shape index (κ1) is 25.4. The van der Waals surface area contributed by atoms with Crippen molar-refractivity contribution in [1.82, 2.24) is 25.7 Å². The number of hydrogen-bond donors (Lipinski definition) is 2. The second-order valence-corrected chi connectivity index (χ2v) is 9.25. The molecule has 1 aliphatic heterocycles. The fraction of sp³-hybridized carbons (Fsp3) is 0.385. The molecule has 0 radical (unpaired) electrons. The van der Waals surface area contributed by atoms with E-state index in [1.54, 1.807) is 6.20 Å². The molecule has 36 heavy (non-hydrogen) atoms. The lowest BCUT2D eigenvalue weighted by Gasteiger charge is -2.40. The van der Waals surface area contributed by atoms with Gasteiger partial charge in [-0.2, -0.15) is 0 Å². The predicted molar refractivity (Wildman–Crippen MR) is 129 cm³/mol. The van der Waals surface area contributed by atoms with Gasteiger partial charge in [-0.05, 0) is 51.5 Å². The second-order valence-electron chi connectivity index (χ2n) is 9.25. The molecule has 2 amide bonds. The molecule has 1 aromatic carbocycles. The van der Waals surface area contributed by atoms with Gasteiger partial charge >= 0.3 is 0 Å². The third-order valence-corrected chi connectivity index (χ3v) is 6.46. The first-order valence-electron chi connectivity index (χ1n) is 11.9. The molecule has 2 aromatic heterocycles. The highest BCUT2D eigenvalue weighted by Gasteiger charge is 2.37. The van der Waals surface area contributed by atoms with Crippen molar-refractivity contribution in [1.29, 1.82) is 0 Å². The fourth-order valence-electron chi connectivity index (χ4n) is 4.35. The molecule has 2 N–H and O–H groups in total. The van der Waals surface area contributed by atoms with Crippen LogP contribution >= 0.6 is 0 Å². The molecule has 0 bridgehead atoms. The number of halogens is 2. The van der Waals surface area contributed by atoms with Crippen molar-refractivity contribution in [3.05, 3.63) is 71.7 Å². The Bertz CT molecular complexity index is 1220. The molecule has 10 heteroatoms. The second kappa shape index (κ2) is 10.9. The van der Waals surface area contributed by atoms with Gasteiger partial charge in [-0.15, -0.1) is 0 Å². The number of hydrogen-bond acceptors (Lipinski definition) is 6. The van der Waals surface area contributed by atoms with Crippen LogP contribution in [0.25, 0.3) is 11.3 Å². The van der Waals surface area contributed by atoms with Crippen molar-refractivity contribution in [2.75, 3.05) is 13.1 Å². The molecular formula is C26H29F2N5O3. The Hall–Kier alpha value is -3.66. The lowest BCUT2D eigenvalue weighted by Crippen LogP contribution is -2.57. The molecular weight excluding hydrogens is 468 g/mol. The highest BCUT2D eigenvalue weighted by molar-refractivity contribution is 5.94. The number of pyridine rings is 1. The normalized spacial score (nSPS) is 19.2. The maximum atomic E-state index is 14.1. The third-order valence-electron chi connectivity index (χ3n) is 6.46. The van der Waals surface area contributed by atoms with E-state index >= 15 is 0 Å². The summed E-state index contributed by atoms with van der Waals surface area (Å²) in [4.78, 5) is 32.8. The smallest absolute Gasteiger partial charge is 0.273 e. The number of amides is 2. The van der Waals surface area contributed by atoms with Crippen LogP contribution in [0.1, 0.15) is 49.4 Å². The SMILES string of the molecule is CC(NC(=O)[C@@H]1CN(C(C)C)CC[C@H]1NC(=O)c1cc(-c2ccc(F)cc2F)on1)c1ccccn1. The molecule has 0 aliphatic carbocycles. The minimum Gasteiger partial charge on any atom is -0.355 e. The number of likely N-dealkylation sites (tertiary alicyclic amines) is 1. The van der Waals surface area contributed by atoms with Crippen molar-refractivity contribution in [3.63, 3.8) is 0 Å². The molecule has 3 aromatic rings. The summed E-state index contributed by atoms with van der Waals surface area (Å²) in [6.07, 6.45) is 2.24. The van der Waals surface area contributed by atoms with Gasteiger partial charge in [0.25, 0.3) is 5.91 Å². The summed E-state index contributed by atoms with van der Waals surface area (Å²) in [5.41, 5.74) is 0.682. The van der Waals surface area contributed by atoms with Gasteiger partial charge in [-0.3, -0.25) is 19.5 Å². The molecule has 3 heterocycles. The molecule has 1 fully saturated rings. The van der Waals surface area contributed by atoms with E-state index in [9.17, 15) is 18.4 Å². The molecule has 4 rings (SSSR count). The standard InChI is InChI=1S/C26H29F2N5O3/c1-15(2)33-11-9-22(19(14-33)25(34)30-16(3)21-6-4-5-10-29-21)31-26(35)23-13-24(36-32-23)18-8-7-17(27)12-20(18)28/h4-8,10,12-13,15-16,19,22H,9,11,14H2,1-3H3,(H,30,34)(H,31,35)/t16?,19-,22-/m1/s1. The number of aromatic nitrogens is 2. The number of nitrogens with one attached hydrogen (secondary N) is 2. The molecule has 1 saturated heterocycles. The molecule has 1 aliphatic rings. The Morgan fingerprint density at radius 1 is 1.14 bits per heavy atom. The van der Waals surface area contributed by atoms with Crippen LogP contribution in [0.3, 0.4) is 0 Å². The summed E-state index contributed by atoms with van der Waals surface area (Å²) in [5.74, 6) is -2.76. The minimum atomic E-state index is -0.821. The minimum absolute atomic E-state index is 0.00533. The lowest BCUT2D eigenvalue weighted by atomic mass is 9.90. The average molecular weight is 498 g/mol. The highest BCUT2D eigenvalue weighted by Crippen LogP contribution is 2.25. The fourth-order valence-corrected chi connectivity index (χ4v) is 4.35. The van der Waals surface area contributed by atoms with E-state index < -0.39 is 29.5 Å². The summed E-state index contributed by atoms with van der Waals surface area (Å²) >= 11 is 0. The monoisotopic (exact) mass is 497 g/mol. The van der Waals surface area contributed by atoms with Crippen LogP contribution < -0.4 is 10.6 Å². The van der Waals surface area contributed by atoms with Crippen LogP contribution in [0.4, 0.5) is 8.78 Å². The van der Waals surface area contributed by atoms with E-state index in [2.05, 4.69) is 39.5 Å². The van der Waals surface area contributed by atoms with E-state index in [0.717, 1.165) is 17.8 Å². The maximum absolute atomic E-state index is 14.1. The van der Waals surface area contributed by atoms with Crippen LogP contribution in [0.2, 0.25) is 0 Å². The van der Waals surface area contributed by atoms with Crippen molar-refractivity contribution in [2.24, 2.45) is 5.92 Å². The van der Waals surface area contributed by atoms with Crippen molar-refractivity contribution in [2.45, 2.75) is 45.3 Å². The van der Waals surface area contributed by atoms with Crippen LogP contribution in [0.5, 0.6) is 0 Å². The van der Waals surface area contributed by atoms with Gasteiger partial charge in [0, 0.05) is 43.5 Å². The summed E-state index contributed by atoms with van der Waals surface area (Å²) in [6, 6.07) is 9.37. The average Bonchev–Trinajstić information content (AvgIpc) is 3.34. The van der Waals surface area contributed by atoms with Crippen molar-refractivity contribution >= 4 is 11.8 Å². The van der Waals surface area contributed by atoms with Gasteiger partial charge in [0.05, 0.1) is 23.2 Å². The van der Waals surface area contributed by atoms with Crippen molar-refractivity contribution < 1.29 is 22.9 Å². The topological polar surface area (TPSA) is 100 Å². The molecule has 0 spiro atoms. The number of carbonyl (C=O) groups excluding carboxylic acids is 2. The molecule has 190 valence electrons. The first-order valence-corrected chi connectivity index (χ1v) is 11.9. The Morgan fingerprint density at radius 2 is 1.94 bits per heavy atom. The van der Waals surface area contributed by atoms with Gasteiger partial charge < -0.3 is 15.2 Å². The van der Waals surface area contributed by atoms with E-state index in [-0.39, 0.29) is 35.0 Å². The summed E-state index contributed by atoms with van der Waals surface area (Å²) in [7, 11) is 0. The van der Waals surface area contributed by atoms with Gasteiger partial charge in [0.2, 0.25) is 5.91 Å². The molecule has 0 saturated carbocycles. The zero-order valence-electron chi connectivity index (χ0n) is 20.4. The van der Waals surface area contributed by atoms with E-state index in [1.807, 2.05) is 25.1 Å². The van der Waals surface area contributed by atoms with Gasteiger partial charge in [0.15, 0.2) is 11.5 Å². The Morgan fingerprint density at radius 3 is 2.64 bits per heavy atom. The molecule has 1 unspecified atom stereocenters. The first-order chi connectivity index (χ1) is 17.2. The van der Waals surface area contributed by atoms with Crippen LogP contribution in [0.15, 0.2) is 53.2 Å². The quantitative estimate of drug-likeness (QED) is 0.516. The number of benzene rings is 1. The predicted octanol–water partition coefficient (Wildman–Crippen LogP) is 3.72. The highest BCUT2D eigenvalue weighted by atomic mass is 19.1. The number of rotatable bonds is 7. The number of piperidine rings is 1. The summed E-state index contributed by atoms with van der Waals surface area (Å²) < 4.78 is 32.5. The summed E-state index contributed by atoms with van der Waals surface area (Å²) in [6.45, 7) is 7.19. The van der Waals surface area contributed by atoms with Crippen LogP contribution in [0, 0.1) is 17.6 Å². The Labute approximate surface area is 208 Å². The Balaban J connectivity index is 1.48. The number of nitrogens with zero attached hydrogens (tertiary/aromatic N) is 3. The van der Waals surface area contributed by atoms with Crippen LogP contribution in [-0.2, 0) is 4.79 Å². The Kier molecular flexibility index (Phi) is 7.73. The lowest BCUT2D eigenvalue weighted by molar-refractivity contribution is -0.128. The third kappa shape index (κ3) is 5.76. The van der Waals surface area contributed by atoms with E-state index in [0.29, 0.717) is 19.5 Å². The number of carbonyl (C=O) groups is 2. The van der Waals surface area contributed by atoms with Crippen molar-refractivity contribution in [3.8, 4) is 11.3 Å². The molecule has 3 atom stereocenters. The maximum Gasteiger partial charge on any atom is 0.273 e. The van der Waals surface area contributed by atoms with Crippen LogP contribution in [-0.4, -0.2) is 52.0 Å². The largest absolute Gasteiger partial charge is 0.355 e. The zero-order valence-corrected chi connectivity index (χ0v) is 20.4. The van der Waals surface area contributed by atoms with Gasteiger partial charge in [0.1, 0.15) is 11.6 Å². The zero-order chi connectivity index (χ0) is 25.8. The summed E-state index contributed by atoms with van der Waals surface area (Å²) in [5, 5.41) is 9.68. The van der Waals surface area contributed by atoms with Gasteiger partial charge in [-0.1, -0.05) is 11.2 Å². The molecule has 8 nitrogen and oxygen atoms in total.